The van der Waals surface area contributed by atoms with E-state index in [0.29, 0.717) is 11.3 Å². The van der Waals surface area contributed by atoms with E-state index in [9.17, 15) is 4.79 Å². The molecule has 2 aromatic carbocycles. The molecule has 0 atom stereocenters. The summed E-state index contributed by atoms with van der Waals surface area (Å²) in [4.78, 5) is 11.8. The molecule has 0 spiro atoms. The molecule has 1 aliphatic heterocycles. The topological polar surface area (TPSA) is 81.1 Å². The van der Waals surface area contributed by atoms with Crippen molar-refractivity contribution in [1.82, 2.24) is 5.32 Å². The fourth-order valence-electron chi connectivity index (χ4n) is 2.79. The maximum absolute atomic E-state index is 11.8. The Balaban J connectivity index is 2.18. The number of rotatable bonds is 3. The molecule has 0 fully saturated rings. The van der Waals surface area contributed by atoms with Crippen LogP contribution >= 0.6 is 0 Å². The van der Waals surface area contributed by atoms with Crippen LogP contribution in [0.15, 0.2) is 48.5 Å². The zero-order valence-electron chi connectivity index (χ0n) is 12.3. The third-order valence-electron chi connectivity index (χ3n) is 3.96. The second-order valence-electron chi connectivity index (χ2n) is 5.40. The minimum absolute atomic E-state index is 0.385. The summed E-state index contributed by atoms with van der Waals surface area (Å²) in [5.41, 5.74) is 16.6. The number of carbonyl (C=O) groups excluding carboxylic acids is 1. The van der Waals surface area contributed by atoms with Crippen molar-refractivity contribution in [2.45, 2.75) is 6.42 Å². The van der Waals surface area contributed by atoms with E-state index in [0.717, 1.165) is 41.8 Å². The maximum Gasteiger partial charge on any atom is 0.250 e. The second-order valence-corrected chi connectivity index (χ2v) is 5.40. The van der Waals surface area contributed by atoms with Crippen molar-refractivity contribution in [3.8, 4) is 11.1 Å². The fourth-order valence-corrected chi connectivity index (χ4v) is 2.79. The molecule has 0 aromatic heterocycles. The highest BCUT2D eigenvalue weighted by atomic mass is 16.1. The number of amides is 1. The van der Waals surface area contributed by atoms with Crippen LogP contribution in [0.25, 0.3) is 16.7 Å². The first-order valence-corrected chi connectivity index (χ1v) is 7.35. The lowest BCUT2D eigenvalue weighted by Crippen LogP contribution is -2.21. The molecule has 0 saturated heterocycles. The van der Waals surface area contributed by atoms with Gasteiger partial charge in [0.1, 0.15) is 0 Å². The molecule has 112 valence electrons. The number of anilines is 1. The molecular weight excluding hydrogens is 274 g/mol. The van der Waals surface area contributed by atoms with Crippen LogP contribution in [-0.2, 0) is 0 Å². The second kappa shape index (κ2) is 6.03. The number of carbonyl (C=O) groups is 1. The van der Waals surface area contributed by atoms with Gasteiger partial charge in [-0.1, -0.05) is 36.4 Å². The highest BCUT2D eigenvalue weighted by molar-refractivity contribution is 6.02. The molecule has 1 aliphatic rings. The van der Waals surface area contributed by atoms with Crippen LogP contribution < -0.4 is 16.8 Å². The molecule has 3 rings (SSSR count). The van der Waals surface area contributed by atoms with Crippen molar-refractivity contribution in [2.24, 2.45) is 5.73 Å². The molecule has 4 heteroatoms. The minimum atomic E-state index is -0.494. The summed E-state index contributed by atoms with van der Waals surface area (Å²) < 4.78 is 0. The minimum Gasteiger partial charge on any atom is -0.398 e. The lowest BCUT2D eigenvalue weighted by Gasteiger charge is -2.18. The average molecular weight is 293 g/mol. The molecule has 0 bridgehead atoms. The van der Waals surface area contributed by atoms with E-state index in [1.807, 2.05) is 36.4 Å². The molecule has 1 amide bonds. The van der Waals surface area contributed by atoms with Gasteiger partial charge in [0.05, 0.1) is 11.3 Å². The van der Waals surface area contributed by atoms with Gasteiger partial charge >= 0.3 is 0 Å². The van der Waals surface area contributed by atoms with Gasteiger partial charge < -0.3 is 16.8 Å². The van der Waals surface area contributed by atoms with Gasteiger partial charge in [0.2, 0.25) is 0 Å². The zero-order chi connectivity index (χ0) is 15.5. The maximum atomic E-state index is 11.8. The first-order chi connectivity index (χ1) is 10.7. The predicted molar refractivity (Wildman–Crippen MR) is 90.3 cm³/mol. The van der Waals surface area contributed by atoms with Gasteiger partial charge in [-0.25, -0.2) is 0 Å². The Morgan fingerprint density at radius 3 is 2.50 bits per heavy atom. The van der Waals surface area contributed by atoms with Crippen LogP contribution in [0.5, 0.6) is 0 Å². The molecule has 0 radical (unpaired) electrons. The highest BCUT2D eigenvalue weighted by Gasteiger charge is 2.16. The van der Waals surface area contributed by atoms with Crippen molar-refractivity contribution in [3.63, 3.8) is 0 Å². The lowest BCUT2D eigenvalue weighted by molar-refractivity contribution is 0.100. The summed E-state index contributed by atoms with van der Waals surface area (Å²) in [6.07, 6.45) is 3.01. The predicted octanol–water partition coefficient (Wildman–Crippen LogP) is 2.41. The molecule has 0 saturated carbocycles. The number of primary amides is 1. The van der Waals surface area contributed by atoms with Crippen LogP contribution in [0.2, 0.25) is 0 Å². The Kier molecular flexibility index (Phi) is 3.94. The Morgan fingerprint density at radius 2 is 1.86 bits per heavy atom. The SMILES string of the molecule is NC(=O)c1cc(-c2ccccc2)cc(C2=CCNCC2)c1N. The normalized spacial score (nSPS) is 14.5. The number of nitrogen functional groups attached to an aromatic ring is 1. The fraction of sp³-hybridized carbons (Fsp3) is 0.167. The third kappa shape index (κ3) is 2.73. The monoisotopic (exact) mass is 293 g/mol. The van der Waals surface area contributed by atoms with Gasteiger partial charge in [-0.2, -0.15) is 0 Å². The Labute approximate surface area is 129 Å². The largest absolute Gasteiger partial charge is 0.398 e. The van der Waals surface area contributed by atoms with Crippen LogP contribution in [-0.4, -0.2) is 19.0 Å². The van der Waals surface area contributed by atoms with Crippen molar-refractivity contribution in [2.75, 3.05) is 18.8 Å². The summed E-state index contributed by atoms with van der Waals surface area (Å²) in [7, 11) is 0. The molecular formula is C18H19N3O. The van der Waals surface area contributed by atoms with E-state index >= 15 is 0 Å². The number of nitrogens with one attached hydrogen (secondary N) is 1. The Bertz CT molecular complexity index is 735. The van der Waals surface area contributed by atoms with Crippen LogP contribution in [0, 0.1) is 0 Å². The van der Waals surface area contributed by atoms with Crippen LogP contribution in [0.1, 0.15) is 22.3 Å². The molecule has 0 aliphatic carbocycles. The first-order valence-electron chi connectivity index (χ1n) is 7.35. The van der Waals surface area contributed by atoms with Gasteiger partial charge in [0.15, 0.2) is 0 Å². The van der Waals surface area contributed by atoms with Gasteiger partial charge in [-0.3, -0.25) is 4.79 Å². The summed E-state index contributed by atoms with van der Waals surface area (Å²) in [5, 5.41) is 3.28. The van der Waals surface area contributed by atoms with E-state index < -0.39 is 5.91 Å². The van der Waals surface area contributed by atoms with Crippen LogP contribution in [0.3, 0.4) is 0 Å². The van der Waals surface area contributed by atoms with Gasteiger partial charge in [0.25, 0.3) is 5.91 Å². The lowest BCUT2D eigenvalue weighted by atomic mass is 9.91. The summed E-state index contributed by atoms with van der Waals surface area (Å²) in [5.74, 6) is -0.494. The molecule has 1 heterocycles. The third-order valence-corrected chi connectivity index (χ3v) is 3.96. The smallest absolute Gasteiger partial charge is 0.250 e. The summed E-state index contributed by atoms with van der Waals surface area (Å²) >= 11 is 0. The Hall–Kier alpha value is -2.59. The highest BCUT2D eigenvalue weighted by Crippen LogP contribution is 2.33. The van der Waals surface area contributed by atoms with Crippen molar-refractivity contribution >= 4 is 17.2 Å². The standard InChI is InChI=1S/C18H19N3O/c19-17-15(13-6-8-21-9-7-13)10-14(11-16(17)18(20)22)12-4-2-1-3-5-12/h1-6,10-11,21H,7-9,19H2,(H2,20,22). The zero-order valence-corrected chi connectivity index (χ0v) is 12.3. The number of nitrogens with two attached hydrogens (primary N) is 2. The molecule has 22 heavy (non-hydrogen) atoms. The van der Waals surface area contributed by atoms with Gasteiger partial charge in [-0.15, -0.1) is 0 Å². The van der Waals surface area contributed by atoms with E-state index in [2.05, 4.69) is 11.4 Å². The molecule has 5 N–H and O–H groups in total. The number of benzene rings is 2. The first kappa shape index (κ1) is 14.4. The van der Waals surface area contributed by atoms with Gasteiger partial charge in [-0.05, 0) is 41.8 Å². The summed E-state index contributed by atoms with van der Waals surface area (Å²) in [6.45, 7) is 1.73. The van der Waals surface area contributed by atoms with E-state index in [-0.39, 0.29) is 0 Å². The molecule has 2 aromatic rings. The molecule has 0 unspecified atom stereocenters. The number of hydrogen-bond donors (Lipinski definition) is 3. The Morgan fingerprint density at radius 1 is 1.09 bits per heavy atom. The quantitative estimate of drug-likeness (QED) is 0.760. The van der Waals surface area contributed by atoms with Gasteiger partial charge in [0, 0.05) is 12.1 Å². The average Bonchev–Trinajstić information content (AvgIpc) is 2.56. The van der Waals surface area contributed by atoms with E-state index in [4.69, 9.17) is 11.5 Å². The van der Waals surface area contributed by atoms with E-state index in [1.54, 1.807) is 6.07 Å². The van der Waals surface area contributed by atoms with E-state index in [1.165, 1.54) is 0 Å². The summed E-state index contributed by atoms with van der Waals surface area (Å²) in [6, 6.07) is 13.8. The number of hydrogen-bond acceptors (Lipinski definition) is 3. The van der Waals surface area contributed by atoms with Crippen LogP contribution in [0.4, 0.5) is 5.69 Å². The van der Waals surface area contributed by atoms with Crippen molar-refractivity contribution in [3.05, 3.63) is 59.7 Å². The molecule has 4 nitrogen and oxygen atoms in total. The van der Waals surface area contributed by atoms with Crippen molar-refractivity contribution < 1.29 is 4.79 Å². The van der Waals surface area contributed by atoms with Crippen molar-refractivity contribution in [1.29, 1.82) is 0 Å².